The molecule has 0 aliphatic carbocycles. The number of rotatable bonds is 6. The van der Waals surface area contributed by atoms with Gasteiger partial charge in [-0.1, -0.05) is 12.1 Å². The zero-order valence-electron chi connectivity index (χ0n) is 14.2. The number of nitrogens with zero attached hydrogens (tertiary/aromatic N) is 1. The molecule has 0 amide bonds. The second-order valence-electron chi connectivity index (χ2n) is 5.56. The highest BCUT2D eigenvalue weighted by Gasteiger charge is 2.10. The lowest BCUT2D eigenvalue weighted by Gasteiger charge is -2.10. The Hall–Kier alpha value is -2.27. The van der Waals surface area contributed by atoms with Crippen molar-refractivity contribution in [3.05, 3.63) is 48.5 Å². The van der Waals surface area contributed by atoms with Crippen LogP contribution in [-0.2, 0) is 17.5 Å². The normalized spacial score (nSPS) is 12.3. The average Bonchev–Trinajstić information content (AvgIpc) is 2.93. The number of hydrogen-bond donors (Lipinski definition) is 1. The van der Waals surface area contributed by atoms with Crippen LogP contribution in [-0.4, -0.2) is 21.6 Å². The molecule has 0 saturated heterocycles. The Kier molecular flexibility index (Phi) is 4.90. The third-order valence-corrected chi connectivity index (χ3v) is 4.47. The lowest BCUT2D eigenvalue weighted by Crippen LogP contribution is -2.01. The van der Waals surface area contributed by atoms with Crippen molar-refractivity contribution in [1.29, 1.82) is 0 Å². The van der Waals surface area contributed by atoms with Gasteiger partial charge in [0.15, 0.2) is 0 Å². The van der Waals surface area contributed by atoms with Crippen LogP contribution in [0.4, 0.5) is 5.69 Å². The molecule has 0 aliphatic heterocycles. The summed E-state index contributed by atoms with van der Waals surface area (Å²) in [6.45, 7) is 5.69. The summed E-state index contributed by atoms with van der Waals surface area (Å²) in [7, 11) is -1.06. The van der Waals surface area contributed by atoms with Crippen LogP contribution in [0, 0.1) is 0 Å². The van der Waals surface area contributed by atoms with E-state index < -0.39 is 11.0 Å². The van der Waals surface area contributed by atoms with E-state index in [0.717, 1.165) is 23.5 Å². The molecule has 4 nitrogen and oxygen atoms in total. The summed E-state index contributed by atoms with van der Waals surface area (Å²) in [6.07, 6.45) is 1.62. The molecule has 126 valence electrons. The Morgan fingerprint density at radius 3 is 2.46 bits per heavy atom. The van der Waals surface area contributed by atoms with Crippen molar-refractivity contribution in [2.45, 2.75) is 20.4 Å². The van der Waals surface area contributed by atoms with E-state index in [0.29, 0.717) is 6.61 Å². The van der Waals surface area contributed by atoms with Gasteiger partial charge < -0.3 is 14.0 Å². The van der Waals surface area contributed by atoms with Gasteiger partial charge in [0.2, 0.25) is 0 Å². The van der Waals surface area contributed by atoms with Crippen LogP contribution < -0.4 is 9.46 Å². The number of hydrogen-bond acceptors (Lipinski definition) is 2. The monoisotopic (exact) mass is 342 g/mol. The first-order chi connectivity index (χ1) is 11.6. The number of aryl methyl sites for hydroxylation is 1. The van der Waals surface area contributed by atoms with E-state index in [2.05, 4.69) is 46.5 Å². The molecule has 2 aromatic carbocycles. The summed E-state index contributed by atoms with van der Waals surface area (Å²) >= 11 is 0. The molecular formula is C19H22N2O2S. The highest BCUT2D eigenvalue weighted by molar-refractivity contribution is 7.85. The fourth-order valence-corrected chi connectivity index (χ4v) is 3.41. The Morgan fingerprint density at radius 2 is 1.83 bits per heavy atom. The lowest BCUT2D eigenvalue weighted by molar-refractivity contribution is 0.340. The fourth-order valence-electron chi connectivity index (χ4n) is 2.95. The average molecular weight is 342 g/mol. The molecule has 1 unspecified atom stereocenters. The molecule has 24 heavy (non-hydrogen) atoms. The summed E-state index contributed by atoms with van der Waals surface area (Å²) in [6, 6.07) is 16.4. The maximum absolute atomic E-state index is 11.3. The second-order valence-corrected chi connectivity index (χ2v) is 6.67. The molecule has 3 aromatic rings. The van der Waals surface area contributed by atoms with E-state index in [1.54, 1.807) is 6.26 Å². The van der Waals surface area contributed by atoms with Gasteiger partial charge in [0.25, 0.3) is 0 Å². The largest absolute Gasteiger partial charge is 0.494 e. The van der Waals surface area contributed by atoms with Gasteiger partial charge in [0.05, 0.1) is 12.1 Å². The first kappa shape index (κ1) is 16.6. The third kappa shape index (κ3) is 3.31. The van der Waals surface area contributed by atoms with Crippen LogP contribution in [0.1, 0.15) is 13.8 Å². The zero-order valence-corrected chi connectivity index (χ0v) is 15.0. The molecule has 5 heteroatoms. The quantitative estimate of drug-likeness (QED) is 0.720. The predicted molar refractivity (Wildman–Crippen MR) is 102 cm³/mol. The smallest absolute Gasteiger partial charge is 0.121 e. The van der Waals surface area contributed by atoms with Gasteiger partial charge in [-0.3, -0.25) is 0 Å². The molecule has 1 aromatic heterocycles. The molecule has 0 saturated carbocycles. The number of nitrogens with one attached hydrogen (secondary N) is 1. The topological polar surface area (TPSA) is 43.3 Å². The Labute approximate surface area is 145 Å². The third-order valence-electron chi connectivity index (χ3n) is 3.95. The van der Waals surface area contributed by atoms with Gasteiger partial charge in [0.1, 0.15) is 16.7 Å². The molecular weight excluding hydrogens is 320 g/mol. The molecule has 3 rings (SSSR count). The fraction of sp³-hybridized carbons (Fsp3) is 0.263. The molecule has 1 atom stereocenters. The molecule has 1 heterocycles. The van der Waals surface area contributed by atoms with E-state index in [9.17, 15) is 4.21 Å². The van der Waals surface area contributed by atoms with Gasteiger partial charge in [-0.2, -0.15) is 0 Å². The molecule has 0 fully saturated rings. The molecule has 0 spiro atoms. The van der Waals surface area contributed by atoms with Crippen molar-refractivity contribution in [1.82, 2.24) is 4.57 Å². The number of anilines is 1. The van der Waals surface area contributed by atoms with Crippen molar-refractivity contribution < 1.29 is 8.95 Å². The molecule has 0 bridgehead atoms. The van der Waals surface area contributed by atoms with Gasteiger partial charge in [-0.25, -0.2) is 4.21 Å². The summed E-state index contributed by atoms with van der Waals surface area (Å²) in [5.74, 6) is 0.898. The Bertz CT molecular complexity index is 869. The van der Waals surface area contributed by atoms with Crippen molar-refractivity contribution >= 4 is 27.6 Å². The Morgan fingerprint density at radius 1 is 1.08 bits per heavy atom. The minimum atomic E-state index is -1.06. The van der Waals surface area contributed by atoms with Crippen molar-refractivity contribution in [3.63, 3.8) is 0 Å². The first-order valence-electron chi connectivity index (χ1n) is 8.09. The SMILES string of the molecule is CCOc1ccc2cc(-c3ccc(NS(C)=O)cc3)n(CC)c2c1. The minimum Gasteiger partial charge on any atom is -0.494 e. The number of fused-ring (bicyclic) bond motifs is 1. The molecule has 1 N–H and O–H groups in total. The summed E-state index contributed by atoms with van der Waals surface area (Å²) < 4.78 is 22.1. The van der Waals surface area contributed by atoms with Gasteiger partial charge in [-0.15, -0.1) is 0 Å². The van der Waals surface area contributed by atoms with Crippen LogP contribution in [0.15, 0.2) is 48.5 Å². The van der Waals surface area contributed by atoms with Gasteiger partial charge >= 0.3 is 0 Å². The van der Waals surface area contributed by atoms with Crippen molar-refractivity contribution in [2.75, 3.05) is 17.6 Å². The number of aromatic nitrogens is 1. The van der Waals surface area contributed by atoms with Crippen molar-refractivity contribution in [2.24, 2.45) is 0 Å². The summed E-state index contributed by atoms with van der Waals surface area (Å²) in [5.41, 5.74) is 4.34. The van der Waals surface area contributed by atoms with Gasteiger partial charge in [0, 0.05) is 35.6 Å². The van der Waals surface area contributed by atoms with Crippen LogP contribution >= 0.6 is 0 Å². The number of ether oxygens (including phenoxy) is 1. The highest BCUT2D eigenvalue weighted by Crippen LogP contribution is 2.31. The minimum absolute atomic E-state index is 0.665. The molecule has 0 radical (unpaired) electrons. The van der Waals surface area contributed by atoms with Gasteiger partial charge in [-0.05, 0) is 49.7 Å². The van der Waals surface area contributed by atoms with E-state index >= 15 is 0 Å². The number of benzene rings is 2. The van der Waals surface area contributed by atoms with Crippen LogP contribution in [0.25, 0.3) is 22.2 Å². The van der Waals surface area contributed by atoms with E-state index in [1.807, 2.05) is 25.1 Å². The first-order valence-corrected chi connectivity index (χ1v) is 9.64. The zero-order chi connectivity index (χ0) is 17.1. The predicted octanol–water partition coefficient (Wildman–Crippen LogP) is 4.43. The van der Waals surface area contributed by atoms with Crippen LogP contribution in [0.3, 0.4) is 0 Å². The second kappa shape index (κ2) is 7.09. The highest BCUT2D eigenvalue weighted by atomic mass is 32.2. The van der Waals surface area contributed by atoms with Crippen LogP contribution in [0.5, 0.6) is 5.75 Å². The standard InChI is InChI=1S/C19H22N2O2S/c1-4-21-18(14-6-9-16(10-7-14)20-24(3)22)12-15-8-11-17(23-5-2)13-19(15)21/h6-13,20H,4-5H2,1-3H3. The lowest BCUT2D eigenvalue weighted by atomic mass is 10.1. The van der Waals surface area contributed by atoms with E-state index in [4.69, 9.17) is 4.74 Å². The van der Waals surface area contributed by atoms with Crippen LogP contribution in [0.2, 0.25) is 0 Å². The summed E-state index contributed by atoms with van der Waals surface area (Å²) in [5, 5.41) is 1.20. The van der Waals surface area contributed by atoms with E-state index in [-0.39, 0.29) is 0 Å². The summed E-state index contributed by atoms with van der Waals surface area (Å²) in [4.78, 5) is 0. The maximum atomic E-state index is 11.3. The maximum Gasteiger partial charge on any atom is 0.121 e. The van der Waals surface area contributed by atoms with Crippen molar-refractivity contribution in [3.8, 4) is 17.0 Å². The Balaban J connectivity index is 2.03. The van der Waals surface area contributed by atoms with E-state index in [1.165, 1.54) is 16.6 Å². The molecule has 0 aliphatic rings.